The quantitative estimate of drug-likeness (QED) is 0.217. The first-order valence-electron chi connectivity index (χ1n) is 17.7. The molecule has 0 nitrogen and oxygen atoms in total. The fourth-order valence-corrected chi connectivity index (χ4v) is 16.9. The summed E-state index contributed by atoms with van der Waals surface area (Å²) in [7, 11) is 0. The third-order valence-electron chi connectivity index (χ3n) is 10.3. The van der Waals surface area contributed by atoms with Crippen LogP contribution in [0.5, 0.6) is 0 Å². The van der Waals surface area contributed by atoms with Crippen LogP contribution in [0.2, 0.25) is 0 Å². The van der Waals surface area contributed by atoms with Gasteiger partial charge in [0.05, 0.1) is 0 Å². The van der Waals surface area contributed by atoms with Gasteiger partial charge in [-0.05, 0) is 0 Å². The zero-order chi connectivity index (χ0) is 33.9. The van der Waals surface area contributed by atoms with Gasteiger partial charge in [-0.3, -0.25) is 0 Å². The molecule has 0 aromatic heterocycles. The minimum absolute atomic E-state index is 0. The number of allylic oxidation sites excluding steroid dienone is 4. The van der Waals surface area contributed by atoms with Gasteiger partial charge in [0, 0.05) is 0 Å². The summed E-state index contributed by atoms with van der Waals surface area (Å²) in [5.41, 5.74) is 15.2. The van der Waals surface area contributed by atoms with Crippen molar-refractivity contribution in [3.05, 3.63) is 145 Å². The van der Waals surface area contributed by atoms with Gasteiger partial charge in [-0.2, -0.15) is 0 Å². The molecule has 1 unspecified atom stereocenters. The predicted molar refractivity (Wildman–Crippen MR) is 202 cm³/mol. The summed E-state index contributed by atoms with van der Waals surface area (Å²) in [6.45, 7) is 26.4. The topological polar surface area (TPSA) is 0 Å². The maximum absolute atomic E-state index is 2.93. The smallest absolute Gasteiger partial charge is 1.00 e. The Hall–Kier alpha value is -2.31. The van der Waals surface area contributed by atoms with Crippen molar-refractivity contribution in [2.45, 2.75) is 99.8 Å². The summed E-state index contributed by atoms with van der Waals surface area (Å²) in [4.78, 5) is 0. The maximum atomic E-state index is 2.69. The first-order chi connectivity index (χ1) is 22.1. The van der Waals surface area contributed by atoms with E-state index in [-0.39, 0.29) is 41.1 Å². The van der Waals surface area contributed by atoms with Gasteiger partial charge in [-0.25, -0.2) is 0 Å². The van der Waals surface area contributed by atoms with E-state index in [9.17, 15) is 0 Å². The molecule has 0 spiro atoms. The molecule has 0 fully saturated rings. The Morgan fingerprint density at radius 2 is 1.18 bits per heavy atom. The molecule has 6 rings (SSSR count). The van der Waals surface area contributed by atoms with Gasteiger partial charge in [-0.1, -0.05) is 0 Å². The minimum Gasteiger partial charge on any atom is -1.00 e. The monoisotopic (exact) mass is 766 g/mol. The third kappa shape index (κ3) is 7.66. The minimum atomic E-state index is -2.93. The van der Waals surface area contributed by atoms with Crippen molar-refractivity contribution in [3.8, 4) is 11.1 Å². The zero-order valence-electron chi connectivity index (χ0n) is 31.5. The van der Waals surface area contributed by atoms with Crippen molar-refractivity contribution in [1.29, 1.82) is 0 Å². The van der Waals surface area contributed by atoms with E-state index in [1.54, 1.807) is 26.5 Å². The van der Waals surface area contributed by atoms with Crippen molar-refractivity contribution < 1.29 is 46.1 Å². The number of hydrogen-bond donors (Lipinski definition) is 0. The largest absolute Gasteiger partial charge is 1.00 e. The summed E-state index contributed by atoms with van der Waals surface area (Å²) >= 11 is -2.93. The van der Waals surface area contributed by atoms with Crippen LogP contribution in [0, 0.1) is 11.3 Å². The molecular formula is C46H54Cl2Zr. The van der Waals surface area contributed by atoms with E-state index in [0.717, 1.165) is 12.8 Å². The van der Waals surface area contributed by atoms with E-state index in [0.29, 0.717) is 5.92 Å². The molecule has 0 aliphatic heterocycles. The second-order valence-electron chi connectivity index (χ2n) is 16.9. The summed E-state index contributed by atoms with van der Waals surface area (Å²) in [6.07, 6.45) is 4.75. The van der Waals surface area contributed by atoms with Crippen LogP contribution in [0.3, 0.4) is 0 Å². The Bertz CT molecular complexity index is 1880. The summed E-state index contributed by atoms with van der Waals surface area (Å²) in [5, 5.41) is 0. The van der Waals surface area contributed by atoms with Crippen molar-refractivity contribution in [2.75, 3.05) is 0 Å². The fourth-order valence-electron chi connectivity index (χ4n) is 7.79. The molecule has 0 radical (unpaired) electrons. The summed E-state index contributed by atoms with van der Waals surface area (Å²) in [6, 6.07) is 35.4. The number of hydrogen-bond acceptors (Lipinski definition) is 0. The molecule has 4 aromatic carbocycles. The van der Waals surface area contributed by atoms with Crippen molar-refractivity contribution in [2.24, 2.45) is 11.3 Å². The molecule has 256 valence electrons. The number of rotatable bonds is 5. The molecule has 1 atom stereocenters. The molecule has 4 aromatic rings. The standard InChI is InChI=1S/C21H25.C13H10.C12H19.2ClH.Zr/c1-20(2,3)16-9-7-14-11-15-8-10-17(21(4,5)6)13-19(15)18(14)12-16;1-3-7-12(8-4-1)11-13-9-5-2-6-10-13;1-6-10-7-9(2)8-11(10)12(3,4)5;;;/h7,9-10,12-13H,11H2,1-6H3;1-10H;8-9H,6H2,1-5H3;2*1H;/q;;;;;+2/p-2. The van der Waals surface area contributed by atoms with E-state index in [4.69, 9.17) is 0 Å². The van der Waals surface area contributed by atoms with E-state index >= 15 is 0 Å². The van der Waals surface area contributed by atoms with E-state index in [1.165, 1.54) is 38.9 Å². The molecule has 49 heavy (non-hydrogen) atoms. The van der Waals surface area contributed by atoms with Gasteiger partial charge in [0.2, 0.25) is 0 Å². The number of benzene rings is 4. The van der Waals surface area contributed by atoms with Gasteiger partial charge in [0.1, 0.15) is 0 Å². The summed E-state index contributed by atoms with van der Waals surface area (Å²) < 4.78 is 5.08. The first-order valence-corrected chi connectivity index (χ1v) is 21.4. The maximum Gasteiger partial charge on any atom is -1.00 e. The van der Waals surface area contributed by atoms with Gasteiger partial charge in [0.15, 0.2) is 0 Å². The van der Waals surface area contributed by atoms with Crippen molar-refractivity contribution >= 4 is 6.48 Å². The Balaban J connectivity index is 0.00000270. The first kappa shape index (κ1) is 39.5. The van der Waals surface area contributed by atoms with Crippen LogP contribution in [-0.4, -0.2) is 3.21 Å². The molecule has 2 aliphatic carbocycles. The van der Waals surface area contributed by atoms with Gasteiger partial charge >= 0.3 is 295 Å². The van der Waals surface area contributed by atoms with Crippen LogP contribution in [0.1, 0.15) is 116 Å². The molecule has 0 saturated heterocycles. The molecule has 0 heterocycles. The molecule has 0 saturated carbocycles. The van der Waals surface area contributed by atoms with E-state index in [1.807, 2.05) is 0 Å². The molecule has 0 amide bonds. The molecular weight excluding hydrogens is 715 g/mol. The van der Waals surface area contributed by atoms with Crippen molar-refractivity contribution in [1.82, 2.24) is 0 Å². The van der Waals surface area contributed by atoms with Crippen LogP contribution in [0.4, 0.5) is 0 Å². The normalized spacial score (nSPS) is 15.4. The SMILES string of the molecule is CCC1=[C]([Zr+2](=[C](c2ccccc2)c2ccccc2)[c]2cc(C(C)(C)C)cc3c2Cc2ccc(C(C)(C)C)cc2-3)C(C)C=C1C(C)(C)C.[Cl-].[Cl-]. The van der Waals surface area contributed by atoms with Crippen LogP contribution < -0.4 is 28.1 Å². The third-order valence-corrected chi connectivity index (χ3v) is 18.6. The van der Waals surface area contributed by atoms with Crippen LogP contribution >= 0.6 is 0 Å². The molecule has 0 N–H and O–H groups in total. The Morgan fingerprint density at radius 3 is 1.67 bits per heavy atom. The Labute approximate surface area is 317 Å². The van der Waals surface area contributed by atoms with Crippen LogP contribution in [-0.2, 0) is 38.5 Å². The number of halogens is 2. The second-order valence-corrected chi connectivity index (χ2v) is 22.7. The average Bonchev–Trinajstić information content (AvgIpc) is 3.56. The fraction of sp³-hybridized carbons (Fsp3) is 0.370. The Morgan fingerprint density at radius 1 is 0.653 bits per heavy atom. The van der Waals surface area contributed by atoms with Gasteiger partial charge in [0.25, 0.3) is 0 Å². The molecule has 2 aliphatic rings. The van der Waals surface area contributed by atoms with E-state index < -0.39 is 21.3 Å². The number of fused-ring (bicyclic) bond motifs is 3. The van der Waals surface area contributed by atoms with Crippen LogP contribution in [0.15, 0.2) is 111 Å². The van der Waals surface area contributed by atoms with Gasteiger partial charge in [-0.15, -0.1) is 0 Å². The second kappa shape index (κ2) is 14.7. The van der Waals surface area contributed by atoms with Crippen molar-refractivity contribution in [3.63, 3.8) is 0 Å². The molecule has 0 bridgehead atoms. The van der Waals surface area contributed by atoms with Gasteiger partial charge < -0.3 is 24.8 Å². The Kier molecular flexibility index (Phi) is 11.9. The van der Waals surface area contributed by atoms with E-state index in [2.05, 4.69) is 173 Å². The summed E-state index contributed by atoms with van der Waals surface area (Å²) in [5.74, 6) is 0.432. The zero-order valence-corrected chi connectivity index (χ0v) is 35.5. The average molecular weight is 769 g/mol. The molecule has 3 heteroatoms. The van der Waals surface area contributed by atoms with Crippen LogP contribution in [0.25, 0.3) is 11.1 Å². The predicted octanol–water partition coefficient (Wildman–Crippen LogP) is 5.66.